The second-order valence-electron chi connectivity index (χ2n) is 16.4. The van der Waals surface area contributed by atoms with E-state index in [-0.39, 0.29) is 30.3 Å². The monoisotopic (exact) mass is 798 g/mol. The van der Waals surface area contributed by atoms with Crippen molar-refractivity contribution in [1.82, 2.24) is 20.9 Å². The maximum atomic E-state index is 14.4. The first-order valence-electron chi connectivity index (χ1n) is 20.3. The Morgan fingerprint density at radius 2 is 1.59 bits per heavy atom. The second-order valence-corrected chi connectivity index (χ2v) is 16.4. The van der Waals surface area contributed by atoms with Crippen molar-refractivity contribution >= 4 is 40.6 Å². The van der Waals surface area contributed by atoms with E-state index in [0.717, 1.165) is 37.7 Å². The van der Waals surface area contributed by atoms with E-state index in [0.29, 0.717) is 28.1 Å². The zero-order valence-electron chi connectivity index (χ0n) is 34.9. The molecule has 2 aliphatic rings. The second kappa shape index (κ2) is 19.3. The van der Waals surface area contributed by atoms with Gasteiger partial charge in [0.1, 0.15) is 41.3 Å². The van der Waals surface area contributed by atoms with E-state index in [9.17, 15) is 24.0 Å². The minimum Gasteiger partial charge on any atom is -0.497 e. The van der Waals surface area contributed by atoms with Crippen LogP contribution in [0.1, 0.15) is 86.5 Å². The van der Waals surface area contributed by atoms with Gasteiger partial charge in [0.15, 0.2) is 0 Å². The summed E-state index contributed by atoms with van der Waals surface area (Å²) in [7, 11) is 2.87. The molecule has 2 aliphatic carbocycles. The number of aromatic nitrogens is 1. The van der Waals surface area contributed by atoms with Crippen molar-refractivity contribution in [2.24, 2.45) is 17.8 Å². The molecule has 1 aromatic heterocycles. The summed E-state index contributed by atoms with van der Waals surface area (Å²) in [6.45, 7) is 10.6. The first-order chi connectivity index (χ1) is 27.6. The third-order valence-corrected chi connectivity index (χ3v) is 10.6. The maximum Gasteiger partial charge on any atom is 0.329 e. The van der Waals surface area contributed by atoms with Crippen LogP contribution in [0.5, 0.6) is 11.5 Å². The molecular formula is C45H58N4O9. The van der Waals surface area contributed by atoms with E-state index in [2.05, 4.69) is 16.0 Å². The quantitative estimate of drug-likeness (QED) is 0.150. The van der Waals surface area contributed by atoms with Crippen molar-refractivity contribution in [3.05, 3.63) is 66.2 Å². The molecule has 0 unspecified atom stereocenters. The lowest BCUT2D eigenvalue weighted by molar-refractivity contribution is -0.159. The van der Waals surface area contributed by atoms with E-state index in [1.165, 1.54) is 7.11 Å². The van der Waals surface area contributed by atoms with Crippen LogP contribution >= 0.6 is 0 Å². The normalized spacial score (nSPS) is 18.7. The number of nitrogens with one attached hydrogen (secondary N) is 3. The third kappa shape index (κ3) is 10.9. The molecule has 58 heavy (non-hydrogen) atoms. The maximum absolute atomic E-state index is 14.4. The molecule has 3 N–H and O–H groups in total. The first kappa shape index (κ1) is 43.7. The summed E-state index contributed by atoms with van der Waals surface area (Å²) in [4.78, 5) is 73.3. The molecule has 0 radical (unpaired) electrons. The number of hydrogen-bond acceptors (Lipinski definition) is 10. The van der Waals surface area contributed by atoms with Crippen LogP contribution in [0.4, 0.5) is 0 Å². The molecule has 3 aromatic rings. The number of nitrogens with zero attached hydrogens (tertiary/aromatic N) is 1. The van der Waals surface area contributed by atoms with Gasteiger partial charge in [-0.3, -0.25) is 14.4 Å². The van der Waals surface area contributed by atoms with E-state index in [1.54, 1.807) is 60.8 Å². The van der Waals surface area contributed by atoms with Gasteiger partial charge in [-0.1, -0.05) is 70.4 Å². The molecule has 5 atom stereocenters. The molecule has 3 amide bonds. The molecule has 13 heteroatoms. The number of pyridine rings is 1. The SMILES string of the molecule is CC[C@H](NC(=O)[C@@H]1C[C@@H](Oc2cc(-c3ccccc3)nc3cc(OC)ccc23)C=C1C(=O)N[C@H](C(=O)N[C@H](C(=O)OC)C1CCCCC1)C(C)C)C(=O)OC(C)(C)C. The number of esters is 2. The fraction of sp³-hybridized carbons (Fsp3) is 0.511. The van der Waals surface area contributed by atoms with Gasteiger partial charge < -0.3 is 34.9 Å². The van der Waals surface area contributed by atoms with Gasteiger partial charge in [0.2, 0.25) is 17.7 Å². The molecule has 2 aromatic carbocycles. The zero-order chi connectivity index (χ0) is 42.1. The number of benzene rings is 2. The molecule has 0 saturated heterocycles. The van der Waals surface area contributed by atoms with Crippen molar-refractivity contribution < 1.29 is 42.9 Å². The Bertz CT molecular complexity index is 1980. The zero-order valence-corrected chi connectivity index (χ0v) is 34.9. The van der Waals surface area contributed by atoms with Gasteiger partial charge in [-0.15, -0.1) is 0 Å². The number of ether oxygens (including phenoxy) is 4. The predicted molar refractivity (Wildman–Crippen MR) is 220 cm³/mol. The standard InChI is InChI=1S/C45H58N4O9/c1-9-34(43(53)58-45(4,5)6)47-40(50)32-22-30(57-37-25-35(27-16-12-10-13-17-27)46-36-24-29(55-7)20-21-31(36)37)23-33(32)41(51)48-38(26(2)3)42(52)49-39(44(54)56-8)28-18-14-11-15-19-28/h10,12-13,16-17,20-21,23-26,28,30,32,34,38-39H,9,11,14-15,18-19,22H2,1-8H3,(H,47,50)(H,48,51)(H,49,52)/t30-,32-,34+,38+,39+/m1/s1. The number of carbonyl (C=O) groups is 5. The largest absolute Gasteiger partial charge is 0.497 e. The fourth-order valence-corrected chi connectivity index (χ4v) is 7.57. The lowest BCUT2D eigenvalue weighted by atomic mass is 9.83. The highest BCUT2D eigenvalue weighted by Crippen LogP contribution is 2.36. The van der Waals surface area contributed by atoms with Gasteiger partial charge >= 0.3 is 11.9 Å². The molecule has 312 valence electrons. The lowest BCUT2D eigenvalue weighted by Crippen LogP contribution is -2.56. The van der Waals surface area contributed by atoms with Crippen LogP contribution < -0.4 is 25.4 Å². The summed E-state index contributed by atoms with van der Waals surface area (Å²) in [5.41, 5.74) is 1.44. The fourth-order valence-electron chi connectivity index (χ4n) is 7.57. The van der Waals surface area contributed by atoms with Gasteiger partial charge in [0.25, 0.3) is 0 Å². The molecule has 0 spiro atoms. The molecular weight excluding hydrogens is 741 g/mol. The van der Waals surface area contributed by atoms with Gasteiger partial charge in [-0.2, -0.15) is 0 Å². The third-order valence-electron chi connectivity index (χ3n) is 10.6. The Morgan fingerprint density at radius 3 is 2.21 bits per heavy atom. The Labute approximate surface area is 341 Å². The minimum absolute atomic E-state index is 0.0601. The molecule has 1 saturated carbocycles. The minimum atomic E-state index is -1.05. The highest BCUT2D eigenvalue weighted by atomic mass is 16.6. The number of methoxy groups -OCH3 is 2. The lowest BCUT2D eigenvalue weighted by Gasteiger charge is -2.31. The van der Waals surface area contributed by atoms with Crippen LogP contribution in [0.25, 0.3) is 22.2 Å². The topological polar surface area (TPSA) is 171 Å². The molecule has 0 aliphatic heterocycles. The molecule has 13 nitrogen and oxygen atoms in total. The average molecular weight is 799 g/mol. The number of hydrogen-bond donors (Lipinski definition) is 3. The van der Waals surface area contributed by atoms with Crippen LogP contribution in [0.15, 0.2) is 66.2 Å². The van der Waals surface area contributed by atoms with Crippen LogP contribution in [0.2, 0.25) is 0 Å². The van der Waals surface area contributed by atoms with E-state index < -0.39 is 65.4 Å². The van der Waals surface area contributed by atoms with Gasteiger partial charge in [0, 0.05) is 35.1 Å². The Balaban J connectivity index is 1.47. The predicted octanol–water partition coefficient (Wildman–Crippen LogP) is 6.22. The summed E-state index contributed by atoms with van der Waals surface area (Å²) in [6, 6.07) is 14.0. The smallest absolute Gasteiger partial charge is 0.329 e. The van der Waals surface area contributed by atoms with Crippen molar-refractivity contribution in [3.8, 4) is 22.8 Å². The van der Waals surface area contributed by atoms with Crippen LogP contribution in [-0.4, -0.2) is 78.7 Å². The summed E-state index contributed by atoms with van der Waals surface area (Å²) >= 11 is 0. The van der Waals surface area contributed by atoms with E-state index in [1.807, 2.05) is 48.5 Å². The Kier molecular flexibility index (Phi) is 14.5. The van der Waals surface area contributed by atoms with Crippen molar-refractivity contribution in [2.45, 2.75) is 116 Å². The van der Waals surface area contributed by atoms with Gasteiger partial charge in [-0.25, -0.2) is 14.6 Å². The van der Waals surface area contributed by atoms with Crippen LogP contribution in [-0.2, 0) is 33.4 Å². The molecule has 0 bridgehead atoms. The van der Waals surface area contributed by atoms with Gasteiger partial charge in [0.05, 0.1) is 31.3 Å². The van der Waals surface area contributed by atoms with Crippen molar-refractivity contribution in [1.29, 1.82) is 0 Å². The number of fused-ring (bicyclic) bond motifs is 1. The van der Waals surface area contributed by atoms with Crippen LogP contribution in [0, 0.1) is 17.8 Å². The highest BCUT2D eigenvalue weighted by Gasteiger charge is 2.41. The van der Waals surface area contributed by atoms with Crippen LogP contribution in [0.3, 0.4) is 0 Å². The summed E-state index contributed by atoms with van der Waals surface area (Å²) in [5, 5.41) is 9.25. The average Bonchev–Trinajstić information content (AvgIpc) is 3.64. The Morgan fingerprint density at radius 1 is 0.879 bits per heavy atom. The van der Waals surface area contributed by atoms with E-state index in [4.69, 9.17) is 23.9 Å². The molecule has 1 fully saturated rings. The highest BCUT2D eigenvalue weighted by molar-refractivity contribution is 6.03. The van der Waals surface area contributed by atoms with Crippen molar-refractivity contribution in [2.75, 3.05) is 14.2 Å². The summed E-state index contributed by atoms with van der Waals surface area (Å²) < 4.78 is 22.8. The van der Waals surface area contributed by atoms with Crippen molar-refractivity contribution in [3.63, 3.8) is 0 Å². The van der Waals surface area contributed by atoms with Gasteiger partial charge in [-0.05, 0) is 70.1 Å². The number of amides is 3. The first-order valence-corrected chi connectivity index (χ1v) is 20.3. The Hall–Kier alpha value is -5.46. The molecule has 1 heterocycles. The summed E-state index contributed by atoms with van der Waals surface area (Å²) in [6.07, 6.45) is 5.66. The van der Waals surface area contributed by atoms with E-state index >= 15 is 0 Å². The number of rotatable bonds is 15. The summed E-state index contributed by atoms with van der Waals surface area (Å²) in [5.74, 6) is -3.29. The number of carbonyl (C=O) groups excluding carboxylic acids is 5. The molecule has 5 rings (SSSR count).